The molecular weight excluding hydrogens is 400 g/mol. The van der Waals surface area contributed by atoms with E-state index in [-0.39, 0.29) is 18.4 Å². The molecule has 3 aromatic rings. The molecule has 0 unspecified atom stereocenters. The van der Waals surface area contributed by atoms with E-state index in [1.807, 2.05) is 43.4 Å². The number of nitrogens with zero attached hydrogens (tertiary/aromatic N) is 2. The number of nitrogens with one attached hydrogen (secondary N) is 2. The molecule has 4 rings (SSSR count). The molecule has 1 fully saturated rings. The number of anilines is 1. The Morgan fingerprint density at radius 2 is 2.10 bits per heavy atom. The lowest BCUT2D eigenvalue weighted by Gasteiger charge is -2.25. The van der Waals surface area contributed by atoms with Crippen LogP contribution in [0.15, 0.2) is 54.7 Å². The number of carbonyl (C=O) groups is 1. The fraction of sp³-hybridized carbons (Fsp3) is 0.304. The van der Waals surface area contributed by atoms with E-state index in [2.05, 4.69) is 15.7 Å². The van der Waals surface area contributed by atoms with E-state index in [0.29, 0.717) is 5.02 Å². The Labute approximate surface area is 181 Å². The molecule has 0 aliphatic carbocycles. The second-order valence-corrected chi connectivity index (χ2v) is 7.93. The van der Waals surface area contributed by atoms with Crippen molar-refractivity contribution in [3.63, 3.8) is 0 Å². The smallest absolute Gasteiger partial charge is 0.228 e. The molecule has 0 saturated carbocycles. The van der Waals surface area contributed by atoms with Crippen molar-refractivity contribution >= 4 is 23.2 Å². The molecule has 6 nitrogen and oxygen atoms in total. The van der Waals surface area contributed by atoms with Gasteiger partial charge in [0.25, 0.3) is 0 Å². The summed E-state index contributed by atoms with van der Waals surface area (Å²) in [6.07, 6.45) is 4.30. The molecule has 1 aliphatic heterocycles. The lowest BCUT2D eigenvalue weighted by atomic mass is 10.1. The summed E-state index contributed by atoms with van der Waals surface area (Å²) in [5.74, 6) is 0.710. The molecule has 2 N–H and O–H groups in total. The van der Waals surface area contributed by atoms with Gasteiger partial charge in [-0.25, -0.2) is 0 Å². The highest BCUT2D eigenvalue weighted by Crippen LogP contribution is 2.33. The zero-order valence-corrected chi connectivity index (χ0v) is 17.7. The predicted molar refractivity (Wildman–Crippen MR) is 119 cm³/mol. The minimum absolute atomic E-state index is 0.0848. The number of amides is 1. The average molecular weight is 425 g/mol. The van der Waals surface area contributed by atoms with Crippen LogP contribution in [0.3, 0.4) is 0 Å². The number of benzene rings is 2. The Kier molecular flexibility index (Phi) is 6.35. The molecule has 1 aromatic heterocycles. The third kappa shape index (κ3) is 5.01. The largest absolute Gasteiger partial charge is 0.488 e. The van der Waals surface area contributed by atoms with Crippen LogP contribution < -0.4 is 15.4 Å². The van der Waals surface area contributed by atoms with Crippen LogP contribution in [0.4, 0.5) is 5.69 Å². The van der Waals surface area contributed by atoms with Crippen molar-refractivity contribution in [2.45, 2.75) is 25.4 Å². The van der Waals surface area contributed by atoms with Crippen LogP contribution in [0.2, 0.25) is 5.02 Å². The number of piperidine rings is 1. The molecule has 1 saturated heterocycles. The molecule has 2 heterocycles. The number of hydrogen-bond acceptors (Lipinski definition) is 4. The summed E-state index contributed by atoms with van der Waals surface area (Å²) >= 11 is 5.92. The van der Waals surface area contributed by atoms with Gasteiger partial charge in [0.2, 0.25) is 5.91 Å². The summed E-state index contributed by atoms with van der Waals surface area (Å²) in [7, 11) is 1.90. The van der Waals surface area contributed by atoms with Gasteiger partial charge in [0.15, 0.2) is 0 Å². The van der Waals surface area contributed by atoms with Crippen LogP contribution in [-0.4, -0.2) is 34.9 Å². The zero-order chi connectivity index (χ0) is 20.9. The van der Waals surface area contributed by atoms with Gasteiger partial charge >= 0.3 is 0 Å². The topological polar surface area (TPSA) is 68.2 Å². The maximum absolute atomic E-state index is 12.5. The van der Waals surface area contributed by atoms with Gasteiger partial charge in [-0.05, 0) is 61.3 Å². The van der Waals surface area contributed by atoms with Crippen molar-refractivity contribution in [1.82, 2.24) is 15.1 Å². The highest BCUT2D eigenvalue weighted by molar-refractivity contribution is 6.30. The van der Waals surface area contributed by atoms with E-state index < -0.39 is 0 Å². The summed E-state index contributed by atoms with van der Waals surface area (Å²) in [6, 6.07) is 15.0. The third-order valence-electron chi connectivity index (χ3n) is 5.18. The van der Waals surface area contributed by atoms with Crippen molar-refractivity contribution in [3.05, 3.63) is 65.3 Å². The summed E-state index contributed by atoms with van der Waals surface area (Å²) in [4.78, 5) is 12.5. The summed E-state index contributed by atoms with van der Waals surface area (Å²) in [6.45, 7) is 1.87. The number of rotatable bonds is 6. The number of ether oxygens (including phenoxy) is 1. The van der Waals surface area contributed by atoms with E-state index >= 15 is 0 Å². The predicted octanol–water partition coefficient (Wildman–Crippen LogP) is 4.05. The Morgan fingerprint density at radius 1 is 1.27 bits per heavy atom. The lowest BCUT2D eigenvalue weighted by molar-refractivity contribution is -0.115. The van der Waals surface area contributed by atoms with Crippen LogP contribution in [-0.2, 0) is 18.3 Å². The van der Waals surface area contributed by atoms with Crippen molar-refractivity contribution in [2.24, 2.45) is 7.05 Å². The Morgan fingerprint density at radius 3 is 2.80 bits per heavy atom. The van der Waals surface area contributed by atoms with Gasteiger partial charge in [0.1, 0.15) is 11.9 Å². The Bertz CT molecular complexity index is 1010. The molecule has 1 atom stereocenters. The standard InChI is InChI=1S/C23H25ClN4O2/c1-28-21(10-12-26-28)20-14-18(8-9-22(20)30-19-3-2-11-25-15-19)27-23(29)13-16-4-6-17(24)7-5-16/h4-10,12,14,19,25H,2-3,11,13,15H2,1H3,(H,27,29)/t19-/m1/s1. The molecule has 2 aromatic carbocycles. The van der Waals surface area contributed by atoms with E-state index in [0.717, 1.165) is 54.2 Å². The number of hydrogen-bond donors (Lipinski definition) is 2. The third-order valence-corrected chi connectivity index (χ3v) is 5.44. The molecule has 156 valence electrons. The molecule has 7 heteroatoms. The van der Waals surface area contributed by atoms with Crippen LogP contribution in [0, 0.1) is 0 Å². The minimum Gasteiger partial charge on any atom is -0.488 e. The second kappa shape index (κ2) is 9.32. The molecule has 0 radical (unpaired) electrons. The highest BCUT2D eigenvalue weighted by Gasteiger charge is 2.18. The van der Waals surface area contributed by atoms with Crippen LogP contribution in [0.5, 0.6) is 5.75 Å². The normalized spacial score (nSPS) is 16.3. The molecule has 1 amide bonds. The number of carbonyl (C=O) groups excluding carboxylic acids is 1. The molecule has 1 aliphatic rings. The molecular formula is C23H25ClN4O2. The Hall–Kier alpha value is -2.83. The first-order chi connectivity index (χ1) is 14.6. The van der Waals surface area contributed by atoms with Crippen molar-refractivity contribution < 1.29 is 9.53 Å². The maximum Gasteiger partial charge on any atom is 0.228 e. The Balaban J connectivity index is 1.54. The van der Waals surface area contributed by atoms with Crippen molar-refractivity contribution in [1.29, 1.82) is 0 Å². The van der Waals surface area contributed by atoms with E-state index in [4.69, 9.17) is 16.3 Å². The van der Waals surface area contributed by atoms with Crippen molar-refractivity contribution in [2.75, 3.05) is 18.4 Å². The SMILES string of the molecule is Cn1nccc1-c1cc(NC(=O)Cc2ccc(Cl)cc2)ccc1O[C@@H]1CCCNC1. The summed E-state index contributed by atoms with van der Waals surface area (Å²) in [5, 5.41) is 11.3. The van der Waals surface area contributed by atoms with Crippen LogP contribution in [0.1, 0.15) is 18.4 Å². The van der Waals surface area contributed by atoms with Gasteiger partial charge in [-0.15, -0.1) is 0 Å². The summed E-state index contributed by atoms with van der Waals surface area (Å²) in [5.41, 5.74) is 3.47. The molecule has 0 spiro atoms. The quantitative estimate of drug-likeness (QED) is 0.626. The van der Waals surface area contributed by atoms with Gasteiger partial charge in [0.05, 0.1) is 12.1 Å². The van der Waals surface area contributed by atoms with Crippen LogP contribution >= 0.6 is 11.6 Å². The monoisotopic (exact) mass is 424 g/mol. The van der Waals surface area contributed by atoms with E-state index in [9.17, 15) is 4.79 Å². The summed E-state index contributed by atoms with van der Waals surface area (Å²) < 4.78 is 8.11. The lowest BCUT2D eigenvalue weighted by Crippen LogP contribution is -2.37. The van der Waals surface area contributed by atoms with Gasteiger partial charge in [0, 0.05) is 36.1 Å². The molecule has 30 heavy (non-hydrogen) atoms. The van der Waals surface area contributed by atoms with Gasteiger partial charge in [-0.2, -0.15) is 5.10 Å². The van der Waals surface area contributed by atoms with Crippen molar-refractivity contribution in [3.8, 4) is 17.0 Å². The first kappa shape index (κ1) is 20.4. The molecule has 0 bridgehead atoms. The van der Waals surface area contributed by atoms with Crippen LogP contribution in [0.25, 0.3) is 11.3 Å². The van der Waals surface area contributed by atoms with Gasteiger partial charge in [-0.3, -0.25) is 9.48 Å². The first-order valence-corrected chi connectivity index (χ1v) is 10.5. The van der Waals surface area contributed by atoms with E-state index in [1.54, 1.807) is 23.0 Å². The second-order valence-electron chi connectivity index (χ2n) is 7.49. The fourth-order valence-corrected chi connectivity index (χ4v) is 3.77. The number of aromatic nitrogens is 2. The zero-order valence-electron chi connectivity index (χ0n) is 16.9. The van der Waals surface area contributed by atoms with E-state index in [1.165, 1.54) is 0 Å². The number of aryl methyl sites for hydroxylation is 1. The first-order valence-electron chi connectivity index (χ1n) is 10.1. The van der Waals surface area contributed by atoms with Gasteiger partial charge in [-0.1, -0.05) is 23.7 Å². The number of halogens is 1. The average Bonchev–Trinajstić information content (AvgIpc) is 3.17. The van der Waals surface area contributed by atoms with Gasteiger partial charge < -0.3 is 15.4 Å². The maximum atomic E-state index is 12.5. The fourth-order valence-electron chi connectivity index (χ4n) is 3.64. The minimum atomic E-state index is -0.0848. The highest BCUT2D eigenvalue weighted by atomic mass is 35.5.